The molecule has 10 heteroatoms. The van der Waals surface area contributed by atoms with Crippen molar-refractivity contribution in [1.29, 1.82) is 0 Å². The van der Waals surface area contributed by atoms with Crippen molar-refractivity contribution in [2.24, 2.45) is 0 Å². The van der Waals surface area contributed by atoms with Gasteiger partial charge in [-0.3, -0.25) is 19.3 Å². The maximum atomic E-state index is 13.1. The molecule has 28 heavy (non-hydrogen) atoms. The minimum atomic E-state index is -1.05. The van der Waals surface area contributed by atoms with Crippen LogP contribution in [0.5, 0.6) is 0 Å². The van der Waals surface area contributed by atoms with Crippen molar-refractivity contribution in [2.75, 3.05) is 18.5 Å². The van der Waals surface area contributed by atoms with E-state index in [9.17, 15) is 23.6 Å². The summed E-state index contributed by atoms with van der Waals surface area (Å²) in [5, 5.41) is 4.80. The number of nitrogens with one attached hydrogen (secondary N) is 2. The van der Waals surface area contributed by atoms with Crippen molar-refractivity contribution in [3.05, 3.63) is 29.0 Å². The zero-order chi connectivity index (χ0) is 20.9. The van der Waals surface area contributed by atoms with Crippen LogP contribution in [0.4, 0.5) is 14.9 Å². The van der Waals surface area contributed by atoms with E-state index in [1.807, 2.05) is 6.92 Å². The van der Waals surface area contributed by atoms with Gasteiger partial charge < -0.3 is 15.4 Å². The molecule has 1 aliphatic heterocycles. The highest BCUT2D eigenvalue weighted by Crippen LogP contribution is 2.23. The van der Waals surface area contributed by atoms with Gasteiger partial charge in [0.2, 0.25) is 0 Å². The van der Waals surface area contributed by atoms with Gasteiger partial charge in [-0.05, 0) is 31.5 Å². The van der Waals surface area contributed by atoms with Gasteiger partial charge in [0.1, 0.15) is 17.9 Å². The number of benzene rings is 1. The van der Waals surface area contributed by atoms with Crippen LogP contribution in [0.25, 0.3) is 0 Å². The third-order valence-corrected chi connectivity index (χ3v) is 4.52. The molecule has 152 valence electrons. The summed E-state index contributed by atoms with van der Waals surface area (Å²) in [5.41, 5.74) is -0.819. The van der Waals surface area contributed by atoms with Gasteiger partial charge in [-0.15, -0.1) is 0 Å². The number of halogens is 2. The molecule has 1 fully saturated rings. The normalized spacial score (nSPS) is 18.8. The maximum absolute atomic E-state index is 13.1. The van der Waals surface area contributed by atoms with Gasteiger partial charge in [-0.25, -0.2) is 9.18 Å². The molecule has 1 heterocycles. The fourth-order valence-corrected chi connectivity index (χ4v) is 2.86. The van der Waals surface area contributed by atoms with Crippen molar-refractivity contribution in [3.8, 4) is 0 Å². The molecular weight excluding hydrogens is 393 g/mol. The van der Waals surface area contributed by atoms with Crippen LogP contribution in [0.3, 0.4) is 0 Å². The topological polar surface area (TPSA) is 105 Å². The van der Waals surface area contributed by atoms with Crippen LogP contribution in [-0.4, -0.2) is 47.4 Å². The lowest BCUT2D eigenvalue weighted by molar-refractivity contribution is -0.150. The van der Waals surface area contributed by atoms with Crippen LogP contribution in [0.1, 0.15) is 33.1 Å². The Kier molecular flexibility index (Phi) is 6.95. The second-order valence-electron chi connectivity index (χ2n) is 6.59. The predicted molar refractivity (Wildman–Crippen MR) is 99.2 cm³/mol. The van der Waals surface area contributed by atoms with E-state index in [1.54, 1.807) is 6.92 Å². The number of amides is 4. The number of carbonyl (C=O) groups is 4. The molecular formula is C18H21ClFN3O5. The Labute approximate surface area is 166 Å². The zero-order valence-electron chi connectivity index (χ0n) is 15.5. The summed E-state index contributed by atoms with van der Waals surface area (Å²) >= 11 is 5.62. The molecule has 1 aromatic carbocycles. The Bertz CT molecular complexity index is 803. The van der Waals surface area contributed by atoms with Crippen molar-refractivity contribution < 1.29 is 28.3 Å². The lowest BCUT2D eigenvalue weighted by Gasteiger charge is -2.21. The number of hydrogen-bond acceptors (Lipinski definition) is 5. The molecule has 1 atom stereocenters. The van der Waals surface area contributed by atoms with Gasteiger partial charge in [0.25, 0.3) is 11.8 Å². The first-order chi connectivity index (χ1) is 13.2. The number of ether oxygens (including phenoxy) is 1. The molecule has 2 N–H and O–H groups in total. The molecule has 8 nitrogen and oxygen atoms in total. The minimum absolute atomic E-state index is 0.167. The van der Waals surface area contributed by atoms with Crippen molar-refractivity contribution in [2.45, 2.75) is 38.6 Å². The van der Waals surface area contributed by atoms with Crippen LogP contribution < -0.4 is 10.6 Å². The van der Waals surface area contributed by atoms with E-state index in [-0.39, 0.29) is 10.7 Å². The first-order valence-electron chi connectivity index (χ1n) is 8.71. The largest absolute Gasteiger partial charge is 0.454 e. The van der Waals surface area contributed by atoms with Gasteiger partial charge in [-0.1, -0.05) is 31.4 Å². The summed E-state index contributed by atoms with van der Waals surface area (Å²) in [4.78, 5) is 48.9. The number of urea groups is 1. The number of carbonyl (C=O) groups excluding carboxylic acids is 4. The second-order valence-corrected chi connectivity index (χ2v) is 7.00. The SMILES string of the molecule is CCCC[C@]1(C)NC(=O)N(CC(=O)OCC(=O)Nc2ccc(F)c(Cl)c2)C1=O. The number of esters is 1. The third-order valence-electron chi connectivity index (χ3n) is 4.23. The van der Waals surface area contributed by atoms with E-state index < -0.39 is 48.3 Å². The fourth-order valence-electron chi connectivity index (χ4n) is 2.68. The molecule has 0 radical (unpaired) electrons. The van der Waals surface area contributed by atoms with E-state index in [0.29, 0.717) is 6.42 Å². The summed E-state index contributed by atoms with van der Waals surface area (Å²) in [6.45, 7) is 2.34. The summed E-state index contributed by atoms with van der Waals surface area (Å²) in [7, 11) is 0. The standard InChI is InChI=1S/C18H21ClFN3O5/c1-3-4-7-18(2)16(26)23(17(27)22-18)9-15(25)28-10-14(24)21-11-5-6-13(20)12(19)8-11/h5-6,8H,3-4,7,9-10H2,1-2H3,(H,21,24)(H,22,27)/t18-/m0/s1. The van der Waals surface area contributed by atoms with Crippen LogP contribution in [0.2, 0.25) is 5.02 Å². The average Bonchev–Trinajstić information content (AvgIpc) is 2.85. The quantitative estimate of drug-likeness (QED) is 0.503. The Hall–Kier alpha value is -2.68. The third kappa shape index (κ3) is 5.19. The van der Waals surface area contributed by atoms with Gasteiger partial charge in [0, 0.05) is 5.69 Å². The van der Waals surface area contributed by atoms with Gasteiger partial charge in [0.05, 0.1) is 5.02 Å². The zero-order valence-corrected chi connectivity index (χ0v) is 16.3. The molecule has 0 aliphatic carbocycles. The maximum Gasteiger partial charge on any atom is 0.326 e. The van der Waals surface area contributed by atoms with E-state index >= 15 is 0 Å². The van der Waals surface area contributed by atoms with Crippen LogP contribution in [0, 0.1) is 5.82 Å². The fraction of sp³-hybridized carbons (Fsp3) is 0.444. The van der Waals surface area contributed by atoms with Gasteiger partial charge in [0.15, 0.2) is 6.61 Å². The van der Waals surface area contributed by atoms with Gasteiger partial charge in [-0.2, -0.15) is 0 Å². The van der Waals surface area contributed by atoms with Gasteiger partial charge >= 0.3 is 12.0 Å². The van der Waals surface area contributed by atoms with E-state index in [1.165, 1.54) is 12.1 Å². The molecule has 0 spiro atoms. The van der Waals surface area contributed by atoms with Crippen LogP contribution in [-0.2, 0) is 19.1 Å². The molecule has 0 bridgehead atoms. The lowest BCUT2D eigenvalue weighted by atomic mass is 9.95. The molecule has 1 saturated heterocycles. The lowest BCUT2D eigenvalue weighted by Crippen LogP contribution is -2.44. The first kappa shape index (κ1) is 21.6. The summed E-state index contributed by atoms with van der Waals surface area (Å²) in [6, 6.07) is 2.91. The molecule has 1 aromatic rings. The van der Waals surface area contributed by atoms with Crippen molar-refractivity contribution in [3.63, 3.8) is 0 Å². The molecule has 0 unspecified atom stereocenters. The number of rotatable bonds is 8. The van der Waals surface area contributed by atoms with Crippen LogP contribution in [0.15, 0.2) is 18.2 Å². The number of nitrogens with zero attached hydrogens (tertiary/aromatic N) is 1. The Morgan fingerprint density at radius 1 is 1.36 bits per heavy atom. The van der Waals surface area contributed by atoms with E-state index in [2.05, 4.69) is 10.6 Å². The predicted octanol–water partition coefficient (Wildman–Crippen LogP) is 2.46. The highest BCUT2D eigenvalue weighted by atomic mass is 35.5. The van der Waals surface area contributed by atoms with Crippen molar-refractivity contribution >= 4 is 41.1 Å². The minimum Gasteiger partial charge on any atom is -0.454 e. The Morgan fingerprint density at radius 3 is 2.71 bits per heavy atom. The smallest absolute Gasteiger partial charge is 0.326 e. The highest BCUT2D eigenvalue weighted by molar-refractivity contribution is 6.31. The van der Waals surface area contributed by atoms with E-state index in [0.717, 1.165) is 23.8 Å². The number of hydrogen-bond donors (Lipinski definition) is 2. The first-order valence-corrected chi connectivity index (χ1v) is 9.08. The molecule has 0 saturated carbocycles. The molecule has 2 rings (SSSR count). The Morgan fingerprint density at radius 2 is 2.07 bits per heavy atom. The summed E-state index contributed by atoms with van der Waals surface area (Å²) in [5.74, 6) is -2.73. The molecule has 1 aliphatic rings. The highest BCUT2D eigenvalue weighted by Gasteiger charge is 2.47. The number of unbranched alkanes of at least 4 members (excludes halogenated alkanes) is 1. The average molecular weight is 414 g/mol. The Balaban J connectivity index is 1.84. The van der Waals surface area contributed by atoms with E-state index in [4.69, 9.17) is 16.3 Å². The number of anilines is 1. The number of imide groups is 1. The molecule has 0 aromatic heterocycles. The van der Waals surface area contributed by atoms with Crippen molar-refractivity contribution in [1.82, 2.24) is 10.2 Å². The second kappa shape index (κ2) is 9.01. The summed E-state index contributed by atoms with van der Waals surface area (Å²) < 4.78 is 17.9. The molecule has 4 amide bonds. The van der Waals surface area contributed by atoms with Crippen LogP contribution >= 0.6 is 11.6 Å². The monoisotopic (exact) mass is 413 g/mol. The summed E-state index contributed by atoms with van der Waals surface area (Å²) in [6.07, 6.45) is 2.06.